The van der Waals surface area contributed by atoms with Crippen molar-refractivity contribution in [2.24, 2.45) is 0 Å². The Kier molecular flexibility index (Phi) is 6.13. The Morgan fingerprint density at radius 3 is 2.30 bits per heavy atom. The van der Waals surface area contributed by atoms with E-state index in [4.69, 9.17) is 11.6 Å². The summed E-state index contributed by atoms with van der Waals surface area (Å²) in [6.07, 6.45) is -4.54. The number of hydrogen-bond acceptors (Lipinski definition) is 4. The number of hydrogen-bond donors (Lipinski definition) is 0. The average Bonchev–Trinajstić information content (AvgIpc) is 2.67. The molecule has 1 saturated heterocycles. The summed E-state index contributed by atoms with van der Waals surface area (Å²) in [7, 11) is -3.99. The van der Waals surface area contributed by atoms with Crippen LogP contribution in [0.5, 0.6) is 0 Å². The van der Waals surface area contributed by atoms with Crippen molar-refractivity contribution in [2.75, 3.05) is 19.6 Å². The summed E-state index contributed by atoms with van der Waals surface area (Å²) in [4.78, 5) is 18.3. The number of pyridine rings is 1. The quantitative estimate of drug-likeness (QED) is 0.655. The lowest BCUT2D eigenvalue weighted by atomic mass is 10.1. The molecule has 0 spiro atoms. The monoisotopic (exact) mass is 461 g/mol. The van der Waals surface area contributed by atoms with Crippen LogP contribution in [-0.4, -0.2) is 54.2 Å². The van der Waals surface area contributed by atoms with Gasteiger partial charge in [-0.05, 0) is 50.2 Å². The zero-order valence-electron chi connectivity index (χ0n) is 16.1. The van der Waals surface area contributed by atoms with E-state index in [-0.39, 0.29) is 35.6 Å². The molecule has 0 bridgehead atoms. The molecule has 0 radical (unpaired) electrons. The minimum Gasteiger partial charge on any atom is -0.333 e. The van der Waals surface area contributed by atoms with E-state index in [0.717, 1.165) is 24.3 Å². The zero-order chi connectivity index (χ0) is 22.3. The number of aromatic nitrogens is 1. The largest absolute Gasteiger partial charge is 0.416 e. The summed E-state index contributed by atoms with van der Waals surface area (Å²) in [6.45, 7) is 3.57. The minimum absolute atomic E-state index is 0.0230. The summed E-state index contributed by atoms with van der Waals surface area (Å²) in [5, 5.41) is 0.268. The Bertz CT molecular complexity index is 1060. The van der Waals surface area contributed by atoms with Crippen LogP contribution in [0.1, 0.15) is 28.5 Å². The predicted octanol–water partition coefficient (Wildman–Crippen LogP) is 3.60. The summed E-state index contributed by atoms with van der Waals surface area (Å²) in [6, 6.07) is 6.03. The van der Waals surface area contributed by atoms with Crippen LogP contribution < -0.4 is 0 Å². The van der Waals surface area contributed by atoms with E-state index < -0.39 is 27.8 Å². The maximum atomic E-state index is 12.9. The van der Waals surface area contributed by atoms with Gasteiger partial charge < -0.3 is 4.90 Å². The Balaban J connectivity index is 1.76. The van der Waals surface area contributed by atoms with Gasteiger partial charge in [-0.3, -0.25) is 4.79 Å². The van der Waals surface area contributed by atoms with E-state index in [1.807, 2.05) is 0 Å². The van der Waals surface area contributed by atoms with Gasteiger partial charge in [-0.15, -0.1) is 0 Å². The maximum absolute atomic E-state index is 12.9. The molecule has 2 heterocycles. The first-order chi connectivity index (χ1) is 13.9. The molecule has 1 fully saturated rings. The van der Waals surface area contributed by atoms with E-state index in [2.05, 4.69) is 4.98 Å². The number of aryl methyl sites for hydroxylation is 1. The van der Waals surface area contributed by atoms with Gasteiger partial charge in [0.1, 0.15) is 5.15 Å². The van der Waals surface area contributed by atoms with Crippen molar-refractivity contribution >= 4 is 27.5 Å². The van der Waals surface area contributed by atoms with Crippen molar-refractivity contribution in [2.45, 2.75) is 31.0 Å². The molecule has 1 atom stereocenters. The Hall–Kier alpha value is -2.17. The normalized spacial score (nSPS) is 18.5. The molecule has 11 heteroatoms. The number of rotatable bonds is 3. The molecular weight excluding hydrogens is 443 g/mol. The molecule has 1 aromatic heterocycles. The topological polar surface area (TPSA) is 70.6 Å². The van der Waals surface area contributed by atoms with E-state index >= 15 is 0 Å². The highest BCUT2D eigenvalue weighted by molar-refractivity contribution is 7.89. The Morgan fingerprint density at radius 2 is 1.77 bits per heavy atom. The Morgan fingerprint density at radius 1 is 1.13 bits per heavy atom. The molecule has 0 N–H and O–H groups in total. The SMILES string of the molecule is Cc1nc(Cl)ccc1C(=O)N1CCN(S(=O)(=O)c2ccc(C(F)(F)F)cc2)CC1C. The molecule has 30 heavy (non-hydrogen) atoms. The summed E-state index contributed by atoms with van der Waals surface area (Å²) in [5.74, 6) is -0.282. The zero-order valence-corrected chi connectivity index (χ0v) is 17.7. The second-order valence-electron chi connectivity index (χ2n) is 7.00. The first-order valence-electron chi connectivity index (χ1n) is 9.03. The number of carbonyl (C=O) groups is 1. The van der Waals surface area contributed by atoms with Crippen molar-refractivity contribution in [1.29, 1.82) is 0 Å². The third-order valence-electron chi connectivity index (χ3n) is 4.95. The summed E-state index contributed by atoms with van der Waals surface area (Å²) >= 11 is 5.83. The van der Waals surface area contributed by atoms with Crippen LogP contribution in [0.2, 0.25) is 5.15 Å². The highest BCUT2D eigenvalue weighted by Crippen LogP contribution is 2.30. The molecule has 1 amide bonds. The lowest BCUT2D eigenvalue weighted by molar-refractivity contribution is -0.137. The van der Waals surface area contributed by atoms with Crippen LogP contribution in [0.3, 0.4) is 0 Å². The van der Waals surface area contributed by atoms with E-state index in [1.165, 1.54) is 10.4 Å². The van der Waals surface area contributed by atoms with Crippen LogP contribution in [0, 0.1) is 6.92 Å². The number of amides is 1. The van der Waals surface area contributed by atoms with Crippen LogP contribution >= 0.6 is 11.6 Å². The number of benzene rings is 1. The number of carbonyl (C=O) groups excluding carboxylic acids is 1. The standard InChI is InChI=1S/C19H19ClF3N3O3S/c1-12-11-25(30(28,29)15-5-3-14(4-6-15)19(21,22)23)9-10-26(12)18(27)16-7-8-17(20)24-13(16)2/h3-8,12H,9-11H2,1-2H3. The van der Waals surface area contributed by atoms with E-state index in [1.54, 1.807) is 24.8 Å². The molecule has 0 aliphatic carbocycles. The van der Waals surface area contributed by atoms with Crippen molar-refractivity contribution in [3.8, 4) is 0 Å². The maximum Gasteiger partial charge on any atom is 0.416 e. The van der Waals surface area contributed by atoms with Gasteiger partial charge in [0.05, 0.1) is 21.7 Å². The molecule has 6 nitrogen and oxygen atoms in total. The highest BCUT2D eigenvalue weighted by Gasteiger charge is 2.36. The second kappa shape index (κ2) is 8.16. The minimum atomic E-state index is -4.54. The smallest absolute Gasteiger partial charge is 0.333 e. The van der Waals surface area contributed by atoms with Gasteiger partial charge in [0.25, 0.3) is 5.91 Å². The number of alkyl halides is 3. The molecule has 1 aromatic carbocycles. The van der Waals surface area contributed by atoms with Gasteiger partial charge in [-0.1, -0.05) is 11.6 Å². The molecule has 1 aliphatic rings. The van der Waals surface area contributed by atoms with Crippen molar-refractivity contribution < 1.29 is 26.4 Å². The van der Waals surface area contributed by atoms with E-state index in [9.17, 15) is 26.4 Å². The number of sulfonamides is 1. The molecule has 2 aromatic rings. The second-order valence-corrected chi connectivity index (χ2v) is 9.32. The molecule has 0 saturated carbocycles. The third-order valence-corrected chi connectivity index (χ3v) is 7.04. The van der Waals surface area contributed by atoms with Gasteiger partial charge in [0.15, 0.2) is 0 Å². The fraction of sp³-hybridized carbons (Fsp3) is 0.368. The number of halogens is 4. The van der Waals surface area contributed by atoms with Crippen molar-refractivity contribution in [1.82, 2.24) is 14.2 Å². The molecule has 3 rings (SSSR count). The summed E-state index contributed by atoms with van der Waals surface area (Å²) in [5.41, 5.74) is -0.0676. The van der Waals surface area contributed by atoms with Crippen molar-refractivity contribution in [3.63, 3.8) is 0 Å². The van der Waals surface area contributed by atoms with Crippen LogP contribution in [0.4, 0.5) is 13.2 Å². The number of piperazine rings is 1. The average molecular weight is 462 g/mol. The predicted molar refractivity (Wildman–Crippen MR) is 105 cm³/mol. The van der Waals surface area contributed by atoms with Crippen LogP contribution in [0.15, 0.2) is 41.3 Å². The summed E-state index contributed by atoms with van der Waals surface area (Å²) < 4.78 is 65.0. The Labute approximate surface area is 177 Å². The highest BCUT2D eigenvalue weighted by atomic mass is 35.5. The van der Waals surface area contributed by atoms with Crippen LogP contribution in [-0.2, 0) is 16.2 Å². The van der Waals surface area contributed by atoms with Gasteiger partial charge in [0, 0.05) is 25.7 Å². The van der Waals surface area contributed by atoms with Crippen molar-refractivity contribution in [3.05, 3.63) is 58.4 Å². The lowest BCUT2D eigenvalue weighted by Gasteiger charge is -2.39. The first-order valence-corrected chi connectivity index (χ1v) is 10.8. The number of nitrogens with zero attached hydrogens (tertiary/aromatic N) is 3. The van der Waals surface area contributed by atoms with Crippen LogP contribution in [0.25, 0.3) is 0 Å². The lowest BCUT2D eigenvalue weighted by Crippen LogP contribution is -2.55. The van der Waals surface area contributed by atoms with Gasteiger partial charge >= 0.3 is 6.18 Å². The first kappa shape index (κ1) is 22.5. The fourth-order valence-electron chi connectivity index (χ4n) is 3.32. The van der Waals surface area contributed by atoms with Gasteiger partial charge in [-0.2, -0.15) is 17.5 Å². The third kappa shape index (κ3) is 4.45. The van der Waals surface area contributed by atoms with Gasteiger partial charge in [-0.25, -0.2) is 13.4 Å². The molecule has 1 unspecified atom stereocenters. The molecule has 162 valence electrons. The fourth-order valence-corrected chi connectivity index (χ4v) is 5.02. The molecular formula is C19H19ClF3N3O3S. The van der Waals surface area contributed by atoms with E-state index in [0.29, 0.717) is 11.3 Å². The molecule has 1 aliphatic heterocycles. The van der Waals surface area contributed by atoms with Gasteiger partial charge in [0.2, 0.25) is 10.0 Å².